The molecule has 1 amide bonds. The molecule has 2 heterocycles. The van der Waals surface area contributed by atoms with Crippen molar-refractivity contribution in [3.63, 3.8) is 0 Å². The standard InChI is InChI=1S/C30H26ClNO7/c1-14-11-19-24(18(12-23(33)32-19)16-9-10-20(36-2)17-8-6-5-7-15(16)17)28(34)30(14)29(35)25-21(37-3)13-22(38-4)26(31)27(25)39-30/h5-10,13-14,18H,11-12H2,1-4H3,(H,32,33)/t14-,18+,30+/m1/s1. The monoisotopic (exact) mass is 547 g/mol. The number of methoxy groups -OCH3 is 3. The Morgan fingerprint density at radius 3 is 2.28 bits per heavy atom. The number of fused-ring (bicyclic) bond motifs is 2. The number of Topliss-reactive ketones (excluding diaryl/α,β-unsaturated/α-hetero) is 2. The number of hydrogen-bond acceptors (Lipinski definition) is 7. The van der Waals surface area contributed by atoms with E-state index in [1.807, 2.05) is 36.4 Å². The molecule has 3 aromatic carbocycles. The summed E-state index contributed by atoms with van der Waals surface area (Å²) < 4.78 is 22.7. The first kappa shape index (κ1) is 25.2. The molecule has 0 aromatic heterocycles. The molecular formula is C30H26ClNO7. The van der Waals surface area contributed by atoms with Crippen molar-refractivity contribution in [3.8, 4) is 23.0 Å². The highest BCUT2D eigenvalue weighted by molar-refractivity contribution is 6.36. The normalized spacial score (nSPS) is 23.9. The third-order valence-electron chi connectivity index (χ3n) is 8.07. The molecule has 2 aliphatic heterocycles. The van der Waals surface area contributed by atoms with Crippen molar-refractivity contribution in [1.82, 2.24) is 5.32 Å². The van der Waals surface area contributed by atoms with Gasteiger partial charge in [0.2, 0.25) is 23.1 Å². The molecule has 0 saturated carbocycles. The van der Waals surface area contributed by atoms with E-state index in [9.17, 15) is 14.4 Å². The number of ketones is 2. The molecule has 200 valence electrons. The summed E-state index contributed by atoms with van der Waals surface area (Å²) in [7, 11) is 4.47. The molecule has 3 aliphatic rings. The molecule has 39 heavy (non-hydrogen) atoms. The zero-order valence-corrected chi connectivity index (χ0v) is 22.6. The number of rotatable bonds is 4. The molecule has 0 saturated heterocycles. The number of amides is 1. The number of halogens is 1. The second-order valence-electron chi connectivity index (χ2n) is 10.0. The fourth-order valence-corrected chi connectivity index (χ4v) is 6.50. The van der Waals surface area contributed by atoms with E-state index in [4.69, 9.17) is 30.5 Å². The smallest absolute Gasteiger partial charge is 0.236 e. The van der Waals surface area contributed by atoms with Gasteiger partial charge in [0.15, 0.2) is 5.75 Å². The Balaban J connectivity index is 1.54. The van der Waals surface area contributed by atoms with Gasteiger partial charge in [0.1, 0.15) is 27.8 Å². The lowest BCUT2D eigenvalue weighted by Gasteiger charge is -2.41. The van der Waals surface area contributed by atoms with Crippen molar-refractivity contribution < 1.29 is 33.3 Å². The van der Waals surface area contributed by atoms with Gasteiger partial charge in [0.05, 0.1) is 21.3 Å². The fourth-order valence-electron chi connectivity index (χ4n) is 6.23. The van der Waals surface area contributed by atoms with Crippen LogP contribution in [0, 0.1) is 5.92 Å². The highest BCUT2D eigenvalue weighted by atomic mass is 35.5. The van der Waals surface area contributed by atoms with Gasteiger partial charge >= 0.3 is 0 Å². The van der Waals surface area contributed by atoms with E-state index in [1.54, 1.807) is 14.0 Å². The summed E-state index contributed by atoms with van der Waals surface area (Å²) in [4.78, 5) is 41.6. The summed E-state index contributed by atoms with van der Waals surface area (Å²) in [5.41, 5.74) is -0.0630. The SMILES string of the molecule is COc1cc(OC)c2c(c1Cl)O[C@@]1(C(=O)C3=C(C[C@H]1C)NC(=O)C[C@H]3c1ccc(OC)c3ccccc13)C2=O. The number of benzene rings is 3. The molecule has 1 aliphatic carbocycles. The summed E-state index contributed by atoms with van der Waals surface area (Å²) in [6.45, 7) is 1.77. The molecule has 1 N–H and O–H groups in total. The average Bonchev–Trinajstić information content (AvgIpc) is 3.25. The highest BCUT2D eigenvalue weighted by Gasteiger charge is 2.63. The van der Waals surface area contributed by atoms with Crippen molar-refractivity contribution in [2.75, 3.05) is 21.3 Å². The molecule has 6 rings (SSSR count). The predicted octanol–water partition coefficient (Wildman–Crippen LogP) is 5.00. The molecular weight excluding hydrogens is 522 g/mol. The van der Waals surface area contributed by atoms with Crippen LogP contribution in [0.3, 0.4) is 0 Å². The summed E-state index contributed by atoms with van der Waals surface area (Å²) in [5, 5.41) is 4.72. The van der Waals surface area contributed by atoms with Crippen LogP contribution in [0.1, 0.15) is 41.6 Å². The summed E-state index contributed by atoms with van der Waals surface area (Å²) in [6, 6.07) is 12.9. The van der Waals surface area contributed by atoms with Crippen LogP contribution in [0.15, 0.2) is 53.7 Å². The van der Waals surface area contributed by atoms with Crippen LogP contribution >= 0.6 is 11.6 Å². The summed E-state index contributed by atoms with van der Waals surface area (Å²) in [6.07, 6.45) is 0.304. The largest absolute Gasteiger partial charge is 0.496 e. The number of carbonyl (C=O) groups is 3. The Hall–Kier alpha value is -4.04. The minimum Gasteiger partial charge on any atom is -0.496 e. The van der Waals surface area contributed by atoms with Crippen LogP contribution in [-0.2, 0) is 9.59 Å². The first-order valence-corrected chi connectivity index (χ1v) is 13.0. The van der Waals surface area contributed by atoms with Crippen molar-refractivity contribution in [2.45, 2.75) is 31.3 Å². The van der Waals surface area contributed by atoms with E-state index in [0.29, 0.717) is 17.0 Å². The van der Waals surface area contributed by atoms with Gasteiger partial charge in [-0.3, -0.25) is 14.4 Å². The molecule has 3 aromatic rings. The van der Waals surface area contributed by atoms with E-state index in [0.717, 1.165) is 16.3 Å². The van der Waals surface area contributed by atoms with Crippen LogP contribution in [-0.4, -0.2) is 44.4 Å². The second-order valence-corrected chi connectivity index (χ2v) is 10.4. The van der Waals surface area contributed by atoms with Crippen LogP contribution in [0.5, 0.6) is 23.0 Å². The Morgan fingerprint density at radius 1 is 0.897 bits per heavy atom. The number of allylic oxidation sites excluding steroid dienone is 1. The Kier molecular flexibility index (Phi) is 5.84. The maximum atomic E-state index is 14.6. The summed E-state index contributed by atoms with van der Waals surface area (Å²) in [5.74, 6) is -1.15. The van der Waals surface area contributed by atoms with E-state index in [2.05, 4.69) is 5.32 Å². The molecule has 0 radical (unpaired) electrons. The van der Waals surface area contributed by atoms with Crippen molar-refractivity contribution in [3.05, 3.63) is 69.9 Å². The minimum atomic E-state index is -1.85. The predicted molar refractivity (Wildman–Crippen MR) is 144 cm³/mol. The van der Waals surface area contributed by atoms with Gasteiger partial charge in [-0.15, -0.1) is 0 Å². The molecule has 0 fully saturated rings. The Bertz CT molecular complexity index is 1630. The second kappa shape index (κ2) is 9.02. The average molecular weight is 548 g/mol. The van der Waals surface area contributed by atoms with E-state index in [1.165, 1.54) is 20.3 Å². The molecule has 9 heteroatoms. The van der Waals surface area contributed by atoms with Crippen LogP contribution in [0.2, 0.25) is 5.02 Å². The third-order valence-corrected chi connectivity index (χ3v) is 8.43. The van der Waals surface area contributed by atoms with E-state index >= 15 is 0 Å². The molecule has 0 unspecified atom stereocenters. The van der Waals surface area contributed by atoms with Gasteiger partial charge in [-0.1, -0.05) is 48.9 Å². The number of hydrogen-bond donors (Lipinski definition) is 1. The number of nitrogens with one attached hydrogen (secondary N) is 1. The fraction of sp³-hybridized carbons (Fsp3) is 0.300. The Labute approximate surface area is 229 Å². The van der Waals surface area contributed by atoms with E-state index < -0.39 is 29.0 Å². The van der Waals surface area contributed by atoms with Gasteiger partial charge in [-0.25, -0.2) is 0 Å². The lowest BCUT2D eigenvalue weighted by molar-refractivity contribution is -0.131. The minimum absolute atomic E-state index is 0.0460. The summed E-state index contributed by atoms with van der Waals surface area (Å²) >= 11 is 6.57. The molecule has 3 atom stereocenters. The van der Waals surface area contributed by atoms with Gasteiger partial charge in [-0.2, -0.15) is 0 Å². The number of ether oxygens (including phenoxy) is 4. The topological polar surface area (TPSA) is 100 Å². The van der Waals surface area contributed by atoms with Crippen molar-refractivity contribution >= 4 is 39.8 Å². The van der Waals surface area contributed by atoms with Gasteiger partial charge in [-0.05, 0) is 23.4 Å². The van der Waals surface area contributed by atoms with Gasteiger partial charge < -0.3 is 24.3 Å². The van der Waals surface area contributed by atoms with Crippen LogP contribution in [0.4, 0.5) is 0 Å². The first-order valence-electron chi connectivity index (χ1n) is 12.6. The maximum absolute atomic E-state index is 14.6. The van der Waals surface area contributed by atoms with Crippen LogP contribution < -0.4 is 24.3 Å². The quantitative estimate of drug-likeness (QED) is 0.459. The van der Waals surface area contributed by atoms with E-state index in [-0.39, 0.29) is 46.6 Å². The lowest BCUT2D eigenvalue weighted by atomic mass is 9.66. The van der Waals surface area contributed by atoms with Crippen molar-refractivity contribution in [2.24, 2.45) is 5.92 Å². The van der Waals surface area contributed by atoms with Gasteiger partial charge in [0, 0.05) is 41.0 Å². The molecule has 0 bridgehead atoms. The molecule has 8 nitrogen and oxygen atoms in total. The number of carbonyl (C=O) groups excluding carboxylic acids is 3. The third kappa shape index (κ3) is 3.40. The maximum Gasteiger partial charge on any atom is 0.236 e. The highest BCUT2D eigenvalue weighted by Crippen LogP contribution is 2.55. The molecule has 1 spiro atoms. The van der Waals surface area contributed by atoms with Crippen LogP contribution in [0.25, 0.3) is 10.8 Å². The van der Waals surface area contributed by atoms with Gasteiger partial charge in [0.25, 0.3) is 0 Å². The zero-order valence-electron chi connectivity index (χ0n) is 21.8. The zero-order chi connectivity index (χ0) is 27.6. The lowest BCUT2D eigenvalue weighted by Crippen LogP contribution is -2.59. The first-order chi connectivity index (χ1) is 18.8. The van der Waals surface area contributed by atoms with Crippen molar-refractivity contribution in [1.29, 1.82) is 0 Å². The Morgan fingerprint density at radius 2 is 1.59 bits per heavy atom.